The summed E-state index contributed by atoms with van der Waals surface area (Å²) in [5.41, 5.74) is 4.76. The summed E-state index contributed by atoms with van der Waals surface area (Å²) < 4.78 is 4.97. The van der Waals surface area contributed by atoms with Gasteiger partial charge in [0.25, 0.3) is 5.91 Å². The quantitative estimate of drug-likeness (QED) is 0.766. The predicted octanol–water partition coefficient (Wildman–Crippen LogP) is 1.41. The molecule has 5 heteroatoms. The van der Waals surface area contributed by atoms with Crippen molar-refractivity contribution >= 4 is 12.0 Å². The highest BCUT2D eigenvalue weighted by Gasteiger charge is 2.23. The summed E-state index contributed by atoms with van der Waals surface area (Å²) in [6, 6.07) is 0. The van der Waals surface area contributed by atoms with Crippen molar-refractivity contribution in [3.8, 4) is 0 Å². The predicted molar refractivity (Wildman–Crippen MR) is 61.8 cm³/mol. The van der Waals surface area contributed by atoms with Crippen LogP contribution in [0, 0.1) is 5.92 Å². The van der Waals surface area contributed by atoms with Gasteiger partial charge in [-0.2, -0.15) is 0 Å². The lowest BCUT2D eigenvalue weighted by atomic mass is 10.1. The summed E-state index contributed by atoms with van der Waals surface area (Å²) in [7, 11) is 0. The number of rotatable bonds is 4. The van der Waals surface area contributed by atoms with Crippen molar-refractivity contribution in [2.75, 3.05) is 0 Å². The molecule has 0 heterocycles. The largest absolute Gasteiger partial charge is 0.436 e. The fourth-order valence-corrected chi connectivity index (χ4v) is 1.12. The second kappa shape index (κ2) is 5.72. The number of primary amides is 1. The van der Waals surface area contributed by atoms with Crippen LogP contribution in [0.15, 0.2) is 0 Å². The maximum Gasteiger partial charge on any atom is 0.408 e. The number of hydrogen-bond donors (Lipinski definition) is 2. The molecule has 0 aromatic heterocycles. The van der Waals surface area contributed by atoms with Gasteiger partial charge in [0, 0.05) is 5.54 Å². The van der Waals surface area contributed by atoms with Crippen LogP contribution >= 0.6 is 0 Å². The molecule has 0 radical (unpaired) electrons. The molecular formula is C11H22N2O3. The van der Waals surface area contributed by atoms with Gasteiger partial charge in [-0.1, -0.05) is 13.8 Å². The van der Waals surface area contributed by atoms with Gasteiger partial charge in [-0.15, -0.1) is 0 Å². The molecule has 0 bridgehead atoms. The molecule has 0 spiro atoms. The number of carbonyl (C=O) groups is 2. The Hall–Kier alpha value is -1.26. The first-order valence-electron chi connectivity index (χ1n) is 5.40. The van der Waals surface area contributed by atoms with Crippen LogP contribution in [0.5, 0.6) is 0 Å². The van der Waals surface area contributed by atoms with Crippen LogP contribution in [-0.2, 0) is 9.53 Å². The Morgan fingerprint density at radius 1 is 1.31 bits per heavy atom. The van der Waals surface area contributed by atoms with Crippen LogP contribution in [0.4, 0.5) is 4.79 Å². The maximum absolute atomic E-state index is 11.4. The fourth-order valence-electron chi connectivity index (χ4n) is 1.12. The van der Waals surface area contributed by atoms with Crippen LogP contribution in [0.2, 0.25) is 0 Å². The zero-order valence-electron chi connectivity index (χ0n) is 10.7. The number of hydrogen-bond acceptors (Lipinski definition) is 3. The Morgan fingerprint density at radius 3 is 2.12 bits per heavy atom. The van der Waals surface area contributed by atoms with E-state index in [1.807, 2.05) is 34.6 Å². The molecule has 0 saturated heterocycles. The highest BCUT2D eigenvalue weighted by molar-refractivity contribution is 5.82. The van der Waals surface area contributed by atoms with E-state index in [2.05, 4.69) is 5.32 Å². The molecule has 3 N–H and O–H groups in total. The van der Waals surface area contributed by atoms with Gasteiger partial charge in [0.1, 0.15) is 0 Å². The average molecular weight is 230 g/mol. The van der Waals surface area contributed by atoms with Crippen molar-refractivity contribution in [3.63, 3.8) is 0 Å². The van der Waals surface area contributed by atoms with E-state index in [9.17, 15) is 9.59 Å². The van der Waals surface area contributed by atoms with E-state index >= 15 is 0 Å². The van der Waals surface area contributed by atoms with Crippen molar-refractivity contribution in [1.29, 1.82) is 0 Å². The van der Waals surface area contributed by atoms with Crippen LogP contribution in [0.25, 0.3) is 0 Å². The molecule has 5 nitrogen and oxygen atoms in total. The van der Waals surface area contributed by atoms with Gasteiger partial charge >= 0.3 is 6.09 Å². The highest BCUT2D eigenvalue weighted by atomic mass is 16.6. The molecule has 0 aliphatic carbocycles. The third-order valence-electron chi connectivity index (χ3n) is 1.73. The molecule has 0 rings (SSSR count). The molecule has 0 aromatic carbocycles. The van der Waals surface area contributed by atoms with Crippen LogP contribution < -0.4 is 11.1 Å². The number of carbonyl (C=O) groups excluding carboxylic acids is 2. The van der Waals surface area contributed by atoms with E-state index in [4.69, 9.17) is 10.5 Å². The van der Waals surface area contributed by atoms with Gasteiger partial charge in [0.15, 0.2) is 6.10 Å². The molecule has 0 saturated carbocycles. The van der Waals surface area contributed by atoms with E-state index in [-0.39, 0.29) is 5.92 Å². The molecular weight excluding hydrogens is 208 g/mol. The summed E-state index contributed by atoms with van der Waals surface area (Å²) in [5, 5.41) is 2.61. The van der Waals surface area contributed by atoms with Crippen LogP contribution in [-0.4, -0.2) is 23.6 Å². The van der Waals surface area contributed by atoms with Crippen molar-refractivity contribution < 1.29 is 14.3 Å². The van der Waals surface area contributed by atoms with Gasteiger partial charge in [-0.3, -0.25) is 4.79 Å². The van der Waals surface area contributed by atoms with E-state index < -0.39 is 23.6 Å². The summed E-state index contributed by atoms with van der Waals surface area (Å²) >= 11 is 0. The lowest BCUT2D eigenvalue weighted by Gasteiger charge is -2.23. The number of nitrogens with two attached hydrogens (primary N) is 1. The lowest BCUT2D eigenvalue weighted by molar-refractivity contribution is -0.127. The summed E-state index contributed by atoms with van der Waals surface area (Å²) in [6.07, 6.45) is -1.04. The molecule has 0 fully saturated rings. The molecule has 0 aliphatic heterocycles. The smallest absolute Gasteiger partial charge is 0.408 e. The Morgan fingerprint density at radius 2 is 1.81 bits per heavy atom. The zero-order chi connectivity index (χ0) is 12.9. The lowest BCUT2D eigenvalue weighted by Crippen LogP contribution is -2.44. The van der Waals surface area contributed by atoms with Gasteiger partial charge in [-0.05, 0) is 33.1 Å². The van der Waals surface area contributed by atoms with Gasteiger partial charge < -0.3 is 15.8 Å². The van der Waals surface area contributed by atoms with Crippen molar-refractivity contribution in [2.45, 2.75) is 52.7 Å². The Bertz CT molecular complexity index is 256. The SMILES string of the molecule is CC(C)CC(OC(=O)NC(C)(C)C)C(N)=O. The van der Waals surface area contributed by atoms with E-state index in [0.29, 0.717) is 6.42 Å². The molecule has 1 unspecified atom stereocenters. The van der Waals surface area contributed by atoms with Gasteiger partial charge in [0.05, 0.1) is 0 Å². The van der Waals surface area contributed by atoms with Gasteiger partial charge in [-0.25, -0.2) is 4.79 Å². The first kappa shape index (κ1) is 14.7. The Balaban J connectivity index is 4.30. The molecule has 16 heavy (non-hydrogen) atoms. The minimum atomic E-state index is -0.859. The minimum absolute atomic E-state index is 0.236. The average Bonchev–Trinajstić information content (AvgIpc) is 1.97. The van der Waals surface area contributed by atoms with Crippen LogP contribution in [0.3, 0.4) is 0 Å². The number of amides is 2. The Labute approximate surface area is 96.7 Å². The van der Waals surface area contributed by atoms with E-state index in [1.165, 1.54) is 0 Å². The number of alkyl carbamates (subject to hydrolysis) is 1. The van der Waals surface area contributed by atoms with Crippen molar-refractivity contribution in [1.82, 2.24) is 5.32 Å². The summed E-state index contributed by atoms with van der Waals surface area (Å²) in [5.74, 6) is -0.377. The van der Waals surface area contributed by atoms with Crippen molar-refractivity contribution in [3.05, 3.63) is 0 Å². The first-order chi connectivity index (χ1) is 7.11. The van der Waals surface area contributed by atoms with E-state index in [1.54, 1.807) is 0 Å². The highest BCUT2D eigenvalue weighted by Crippen LogP contribution is 2.09. The van der Waals surface area contributed by atoms with Crippen LogP contribution in [0.1, 0.15) is 41.0 Å². The van der Waals surface area contributed by atoms with E-state index in [0.717, 1.165) is 0 Å². The first-order valence-corrected chi connectivity index (χ1v) is 5.40. The van der Waals surface area contributed by atoms with Gasteiger partial charge in [0.2, 0.25) is 0 Å². The van der Waals surface area contributed by atoms with Crippen molar-refractivity contribution in [2.24, 2.45) is 11.7 Å². The summed E-state index contributed by atoms with van der Waals surface area (Å²) in [6.45, 7) is 9.35. The second-order valence-electron chi connectivity index (χ2n) is 5.30. The molecule has 2 amide bonds. The minimum Gasteiger partial charge on any atom is -0.436 e. The molecule has 0 aromatic rings. The molecule has 1 atom stereocenters. The Kier molecular flexibility index (Phi) is 5.27. The number of ether oxygens (including phenoxy) is 1. The second-order valence-corrected chi connectivity index (χ2v) is 5.30. The topological polar surface area (TPSA) is 81.4 Å². The normalized spacial score (nSPS) is 13.4. The number of nitrogens with one attached hydrogen (secondary N) is 1. The third kappa shape index (κ3) is 7.09. The maximum atomic E-state index is 11.4. The molecule has 94 valence electrons. The fraction of sp³-hybridized carbons (Fsp3) is 0.818. The summed E-state index contributed by atoms with van der Waals surface area (Å²) in [4.78, 5) is 22.5. The third-order valence-corrected chi connectivity index (χ3v) is 1.73. The monoisotopic (exact) mass is 230 g/mol. The zero-order valence-corrected chi connectivity index (χ0v) is 10.7. The molecule has 0 aliphatic rings. The standard InChI is InChI=1S/C11H22N2O3/c1-7(2)6-8(9(12)14)16-10(15)13-11(3,4)5/h7-8H,6H2,1-5H3,(H2,12,14)(H,13,15).